The van der Waals surface area contributed by atoms with Crippen molar-refractivity contribution in [2.45, 2.75) is 25.4 Å². The molecule has 0 saturated carbocycles. The Morgan fingerprint density at radius 2 is 1.79 bits per heavy atom. The van der Waals surface area contributed by atoms with Crippen molar-refractivity contribution in [3.63, 3.8) is 0 Å². The standard InChI is InChI=1S/C8H15F2NO3/c1-7(2,14)4-11(3)5-8(9,10)6(12)13/h14H,4-5H2,1-3H3,(H,12,13). The lowest BCUT2D eigenvalue weighted by atomic mass is 10.1. The van der Waals surface area contributed by atoms with E-state index in [4.69, 9.17) is 5.11 Å². The number of halogens is 2. The van der Waals surface area contributed by atoms with Crippen LogP contribution in [0.4, 0.5) is 8.78 Å². The second-order valence-corrected chi connectivity index (χ2v) is 3.99. The Bertz CT molecular complexity index is 213. The first-order valence-electron chi connectivity index (χ1n) is 4.07. The van der Waals surface area contributed by atoms with Crippen molar-refractivity contribution in [1.29, 1.82) is 0 Å². The fourth-order valence-corrected chi connectivity index (χ4v) is 1.12. The molecule has 0 saturated heterocycles. The van der Waals surface area contributed by atoms with Gasteiger partial charge < -0.3 is 10.2 Å². The number of aliphatic carboxylic acids is 1. The van der Waals surface area contributed by atoms with Crippen LogP contribution in [-0.2, 0) is 4.79 Å². The van der Waals surface area contributed by atoms with Crippen LogP contribution in [0.25, 0.3) is 0 Å². The summed E-state index contributed by atoms with van der Waals surface area (Å²) in [7, 11) is 1.33. The summed E-state index contributed by atoms with van der Waals surface area (Å²) in [5.74, 6) is -5.93. The fourth-order valence-electron chi connectivity index (χ4n) is 1.12. The third-order valence-electron chi connectivity index (χ3n) is 1.44. The molecule has 0 heterocycles. The number of aliphatic hydroxyl groups is 1. The highest BCUT2D eigenvalue weighted by molar-refractivity contribution is 5.75. The number of carboxylic acids is 1. The first-order valence-corrected chi connectivity index (χ1v) is 4.07. The van der Waals surface area contributed by atoms with E-state index in [-0.39, 0.29) is 6.54 Å². The lowest BCUT2D eigenvalue weighted by Gasteiger charge is -2.27. The molecule has 0 aromatic carbocycles. The molecule has 0 spiro atoms. The van der Waals surface area contributed by atoms with Gasteiger partial charge in [-0.3, -0.25) is 4.90 Å². The number of hydrogen-bond acceptors (Lipinski definition) is 3. The number of carbonyl (C=O) groups is 1. The molecule has 0 aromatic heterocycles. The zero-order chi connectivity index (χ0) is 11.6. The van der Waals surface area contributed by atoms with Gasteiger partial charge in [-0.1, -0.05) is 0 Å². The fraction of sp³-hybridized carbons (Fsp3) is 0.875. The number of alkyl halides is 2. The summed E-state index contributed by atoms with van der Waals surface area (Å²) < 4.78 is 25.3. The summed E-state index contributed by atoms with van der Waals surface area (Å²) in [5, 5.41) is 17.4. The molecule has 0 bridgehead atoms. The summed E-state index contributed by atoms with van der Waals surface area (Å²) in [6.07, 6.45) is 0. The van der Waals surface area contributed by atoms with Crippen LogP contribution in [0.5, 0.6) is 0 Å². The Morgan fingerprint density at radius 1 is 1.36 bits per heavy atom. The Balaban J connectivity index is 4.19. The predicted octanol–water partition coefficient (Wildman–Crippen LogP) is 0.409. The van der Waals surface area contributed by atoms with Crippen LogP contribution in [0.15, 0.2) is 0 Å². The van der Waals surface area contributed by atoms with Crippen LogP contribution in [0.3, 0.4) is 0 Å². The zero-order valence-electron chi connectivity index (χ0n) is 8.42. The van der Waals surface area contributed by atoms with E-state index in [0.717, 1.165) is 4.90 Å². The minimum atomic E-state index is -3.78. The first-order chi connectivity index (χ1) is 6.04. The molecule has 0 unspecified atom stereocenters. The van der Waals surface area contributed by atoms with Crippen LogP contribution in [-0.4, -0.2) is 52.7 Å². The van der Waals surface area contributed by atoms with Crippen molar-refractivity contribution < 1.29 is 23.8 Å². The van der Waals surface area contributed by atoms with Crippen molar-refractivity contribution in [2.24, 2.45) is 0 Å². The minimum Gasteiger partial charge on any atom is -0.477 e. The average Bonchev–Trinajstić information content (AvgIpc) is 1.79. The summed E-state index contributed by atoms with van der Waals surface area (Å²) in [6.45, 7) is 1.99. The van der Waals surface area contributed by atoms with Crippen LogP contribution in [0, 0.1) is 0 Å². The van der Waals surface area contributed by atoms with Gasteiger partial charge in [-0.25, -0.2) is 4.79 Å². The number of nitrogens with zero attached hydrogens (tertiary/aromatic N) is 1. The zero-order valence-corrected chi connectivity index (χ0v) is 8.42. The average molecular weight is 211 g/mol. The van der Waals surface area contributed by atoms with E-state index in [1.54, 1.807) is 0 Å². The molecule has 4 nitrogen and oxygen atoms in total. The van der Waals surface area contributed by atoms with Gasteiger partial charge in [-0.15, -0.1) is 0 Å². The van der Waals surface area contributed by atoms with Crippen LogP contribution < -0.4 is 0 Å². The van der Waals surface area contributed by atoms with Crippen molar-refractivity contribution >= 4 is 5.97 Å². The summed E-state index contributed by atoms with van der Waals surface area (Å²) in [6, 6.07) is 0. The van der Waals surface area contributed by atoms with Gasteiger partial charge in [-0.2, -0.15) is 8.78 Å². The van der Waals surface area contributed by atoms with Crippen LogP contribution in [0.1, 0.15) is 13.8 Å². The molecule has 0 rings (SSSR count). The highest BCUT2D eigenvalue weighted by Crippen LogP contribution is 2.16. The van der Waals surface area contributed by atoms with Crippen molar-refractivity contribution in [2.75, 3.05) is 20.1 Å². The highest BCUT2D eigenvalue weighted by atomic mass is 19.3. The number of hydrogen-bond donors (Lipinski definition) is 2. The Morgan fingerprint density at radius 3 is 2.07 bits per heavy atom. The van der Waals surface area contributed by atoms with E-state index in [2.05, 4.69) is 0 Å². The molecular weight excluding hydrogens is 196 g/mol. The molecule has 0 aliphatic heterocycles. The Kier molecular flexibility index (Phi) is 3.96. The second kappa shape index (κ2) is 4.18. The van der Waals surface area contributed by atoms with E-state index in [0.29, 0.717) is 0 Å². The SMILES string of the molecule is CN(CC(C)(C)O)CC(F)(F)C(=O)O. The van der Waals surface area contributed by atoms with Gasteiger partial charge in [0.25, 0.3) is 0 Å². The van der Waals surface area contributed by atoms with Crippen molar-refractivity contribution in [1.82, 2.24) is 4.90 Å². The Labute approximate surface area is 81.1 Å². The Hall–Kier alpha value is -0.750. The predicted molar refractivity (Wildman–Crippen MR) is 46.4 cm³/mol. The summed E-state index contributed by atoms with van der Waals surface area (Å²) in [5.41, 5.74) is -1.12. The summed E-state index contributed by atoms with van der Waals surface area (Å²) >= 11 is 0. The van der Waals surface area contributed by atoms with E-state index in [9.17, 15) is 18.7 Å². The van der Waals surface area contributed by atoms with Crippen molar-refractivity contribution in [3.05, 3.63) is 0 Å². The second-order valence-electron chi connectivity index (χ2n) is 3.99. The molecule has 0 aromatic rings. The number of rotatable bonds is 5. The van der Waals surface area contributed by atoms with Crippen LogP contribution >= 0.6 is 0 Å². The molecule has 6 heteroatoms. The topological polar surface area (TPSA) is 60.8 Å². The molecule has 2 N–H and O–H groups in total. The molecule has 0 amide bonds. The molecule has 84 valence electrons. The van der Waals surface area contributed by atoms with Gasteiger partial charge in [0, 0.05) is 6.54 Å². The highest BCUT2D eigenvalue weighted by Gasteiger charge is 2.40. The third-order valence-corrected chi connectivity index (χ3v) is 1.44. The number of likely N-dealkylation sites (N-methyl/N-ethyl adjacent to an activating group) is 1. The van der Waals surface area contributed by atoms with Gasteiger partial charge in [0.1, 0.15) is 0 Å². The minimum absolute atomic E-state index is 0.0180. The molecular formula is C8H15F2NO3. The lowest BCUT2D eigenvalue weighted by Crippen LogP contribution is -2.45. The van der Waals surface area contributed by atoms with Gasteiger partial charge in [0.2, 0.25) is 0 Å². The largest absolute Gasteiger partial charge is 0.477 e. The van der Waals surface area contributed by atoms with Gasteiger partial charge in [0.15, 0.2) is 0 Å². The number of carboxylic acid groups (broad SMARTS) is 1. The van der Waals surface area contributed by atoms with E-state index in [1.807, 2.05) is 0 Å². The maximum Gasteiger partial charge on any atom is 0.375 e. The van der Waals surface area contributed by atoms with Crippen molar-refractivity contribution in [3.8, 4) is 0 Å². The normalized spacial score (nSPS) is 13.4. The van der Waals surface area contributed by atoms with Crippen LogP contribution in [0.2, 0.25) is 0 Å². The summed E-state index contributed by atoms with van der Waals surface area (Å²) in [4.78, 5) is 11.2. The van der Waals surface area contributed by atoms with E-state index >= 15 is 0 Å². The third kappa shape index (κ3) is 5.08. The quantitative estimate of drug-likeness (QED) is 0.691. The molecule has 0 radical (unpaired) electrons. The van der Waals surface area contributed by atoms with E-state index < -0.39 is 24.0 Å². The van der Waals surface area contributed by atoms with Gasteiger partial charge in [-0.05, 0) is 20.9 Å². The van der Waals surface area contributed by atoms with Gasteiger partial charge in [0.05, 0.1) is 12.1 Å². The molecule has 0 atom stereocenters. The molecule has 0 aliphatic rings. The molecule has 0 fully saturated rings. The molecule has 14 heavy (non-hydrogen) atoms. The first kappa shape index (κ1) is 13.2. The van der Waals surface area contributed by atoms with Gasteiger partial charge >= 0.3 is 11.9 Å². The maximum atomic E-state index is 12.6. The monoisotopic (exact) mass is 211 g/mol. The maximum absolute atomic E-state index is 12.6. The van der Waals surface area contributed by atoms with E-state index in [1.165, 1.54) is 20.9 Å². The molecule has 0 aliphatic carbocycles. The smallest absolute Gasteiger partial charge is 0.375 e. The lowest BCUT2D eigenvalue weighted by molar-refractivity contribution is -0.167.